The maximum atomic E-state index is 11.9. The second kappa shape index (κ2) is 8.44. The Morgan fingerprint density at radius 2 is 2.12 bits per heavy atom. The first-order valence-electron chi connectivity index (χ1n) is 6.44. The number of hydrogen-bond donors (Lipinski definition) is 1. The summed E-state index contributed by atoms with van der Waals surface area (Å²) < 4.78 is 10.4. The zero-order valence-electron chi connectivity index (χ0n) is 10.7. The van der Waals surface area contributed by atoms with E-state index in [1.807, 2.05) is 11.8 Å². The fourth-order valence-electron chi connectivity index (χ4n) is 2.08. The number of carbonyl (C=O) groups is 1. The molecule has 1 saturated heterocycles. The van der Waals surface area contributed by atoms with E-state index in [2.05, 4.69) is 0 Å². The van der Waals surface area contributed by atoms with Crippen molar-refractivity contribution < 1.29 is 14.3 Å². The number of ether oxygens (including phenoxy) is 2. The molecule has 17 heavy (non-hydrogen) atoms. The minimum absolute atomic E-state index is 0.0525. The Balaban J connectivity index is 2.20. The third-order valence-electron chi connectivity index (χ3n) is 3.02. The fraction of sp³-hybridized carbons (Fsp3) is 0.917. The molecule has 1 atom stereocenters. The van der Waals surface area contributed by atoms with E-state index in [-0.39, 0.29) is 18.6 Å². The van der Waals surface area contributed by atoms with E-state index in [0.29, 0.717) is 26.4 Å². The Morgan fingerprint density at radius 3 is 2.82 bits per heavy atom. The zero-order chi connectivity index (χ0) is 12.5. The van der Waals surface area contributed by atoms with Gasteiger partial charge in [-0.05, 0) is 26.2 Å². The second-order valence-electron chi connectivity index (χ2n) is 4.22. The van der Waals surface area contributed by atoms with Crippen molar-refractivity contribution in [3.63, 3.8) is 0 Å². The Hall–Kier alpha value is -0.650. The van der Waals surface area contributed by atoms with Crippen LogP contribution in [0.5, 0.6) is 0 Å². The lowest BCUT2D eigenvalue weighted by atomic mass is 10.0. The van der Waals surface area contributed by atoms with Gasteiger partial charge < -0.3 is 20.1 Å². The highest BCUT2D eigenvalue weighted by atomic mass is 16.5. The number of nitrogens with zero attached hydrogens (tertiary/aromatic N) is 1. The van der Waals surface area contributed by atoms with Gasteiger partial charge >= 0.3 is 0 Å². The average molecular weight is 244 g/mol. The van der Waals surface area contributed by atoms with Crippen molar-refractivity contribution in [1.29, 1.82) is 0 Å². The minimum Gasteiger partial charge on any atom is -0.379 e. The molecular formula is C12H24N2O3. The molecule has 5 nitrogen and oxygen atoms in total. The molecule has 0 radical (unpaired) electrons. The summed E-state index contributed by atoms with van der Waals surface area (Å²) in [6.45, 7) is 5.14. The van der Waals surface area contributed by atoms with E-state index in [4.69, 9.17) is 15.2 Å². The summed E-state index contributed by atoms with van der Waals surface area (Å²) in [5.41, 5.74) is 5.67. The van der Waals surface area contributed by atoms with Gasteiger partial charge in [0.25, 0.3) is 0 Å². The van der Waals surface area contributed by atoms with Gasteiger partial charge in [-0.2, -0.15) is 0 Å². The van der Waals surface area contributed by atoms with Crippen molar-refractivity contribution in [3.05, 3.63) is 0 Å². The number of rotatable bonds is 7. The van der Waals surface area contributed by atoms with Crippen LogP contribution in [0.4, 0.5) is 0 Å². The van der Waals surface area contributed by atoms with Crippen LogP contribution in [0.2, 0.25) is 0 Å². The summed E-state index contributed by atoms with van der Waals surface area (Å²) in [5, 5.41) is 0. The van der Waals surface area contributed by atoms with Crippen LogP contribution in [-0.2, 0) is 14.3 Å². The lowest BCUT2D eigenvalue weighted by molar-refractivity contribution is -0.140. The number of likely N-dealkylation sites (tertiary alicyclic amines) is 1. The number of amides is 1. The quantitative estimate of drug-likeness (QED) is 0.658. The molecule has 1 fully saturated rings. The Morgan fingerprint density at radius 1 is 1.35 bits per heavy atom. The maximum Gasteiger partial charge on any atom is 0.248 e. The smallest absolute Gasteiger partial charge is 0.248 e. The highest BCUT2D eigenvalue weighted by Crippen LogP contribution is 2.16. The van der Waals surface area contributed by atoms with E-state index in [9.17, 15) is 4.79 Å². The molecule has 0 aromatic carbocycles. The Kier molecular flexibility index (Phi) is 7.16. The molecule has 1 aliphatic rings. The molecule has 0 aromatic heterocycles. The van der Waals surface area contributed by atoms with Crippen molar-refractivity contribution in [3.8, 4) is 0 Å². The molecule has 100 valence electrons. The topological polar surface area (TPSA) is 64.8 Å². The first-order valence-corrected chi connectivity index (χ1v) is 6.44. The van der Waals surface area contributed by atoms with Gasteiger partial charge in [0.1, 0.15) is 6.61 Å². The van der Waals surface area contributed by atoms with Crippen LogP contribution in [0.1, 0.15) is 26.2 Å². The lowest BCUT2D eigenvalue weighted by Crippen LogP contribution is -2.48. The summed E-state index contributed by atoms with van der Waals surface area (Å²) in [4.78, 5) is 13.8. The molecule has 5 heteroatoms. The highest BCUT2D eigenvalue weighted by Gasteiger charge is 2.25. The summed E-state index contributed by atoms with van der Waals surface area (Å²) in [5.74, 6) is 0.0525. The number of nitrogens with two attached hydrogens (primary N) is 1. The second-order valence-corrected chi connectivity index (χ2v) is 4.22. The molecule has 0 aromatic rings. The van der Waals surface area contributed by atoms with Gasteiger partial charge in [0.05, 0.1) is 13.2 Å². The van der Waals surface area contributed by atoms with Crippen LogP contribution >= 0.6 is 0 Å². The van der Waals surface area contributed by atoms with Crippen LogP contribution in [0.3, 0.4) is 0 Å². The van der Waals surface area contributed by atoms with E-state index < -0.39 is 0 Å². The summed E-state index contributed by atoms with van der Waals surface area (Å²) >= 11 is 0. The van der Waals surface area contributed by atoms with Gasteiger partial charge in [-0.1, -0.05) is 0 Å². The highest BCUT2D eigenvalue weighted by molar-refractivity contribution is 5.77. The van der Waals surface area contributed by atoms with Crippen LogP contribution < -0.4 is 5.73 Å². The predicted octanol–water partition coefficient (Wildman–Crippen LogP) is 0.379. The molecular weight excluding hydrogens is 220 g/mol. The SMILES string of the molecule is CCOCCOCC(=O)N1CCCCC1CN. The Bertz CT molecular complexity index is 224. The molecule has 2 N–H and O–H groups in total. The van der Waals surface area contributed by atoms with Crippen molar-refractivity contribution in [2.45, 2.75) is 32.2 Å². The van der Waals surface area contributed by atoms with Gasteiger partial charge in [-0.25, -0.2) is 0 Å². The monoisotopic (exact) mass is 244 g/mol. The van der Waals surface area contributed by atoms with Gasteiger partial charge in [0.15, 0.2) is 0 Å². The van der Waals surface area contributed by atoms with E-state index >= 15 is 0 Å². The molecule has 1 heterocycles. The summed E-state index contributed by atoms with van der Waals surface area (Å²) in [6, 6.07) is 0.201. The molecule has 0 saturated carbocycles. The fourth-order valence-corrected chi connectivity index (χ4v) is 2.08. The molecule has 1 amide bonds. The maximum absolute atomic E-state index is 11.9. The van der Waals surface area contributed by atoms with Crippen LogP contribution in [0.25, 0.3) is 0 Å². The number of hydrogen-bond acceptors (Lipinski definition) is 4. The molecule has 0 spiro atoms. The van der Waals surface area contributed by atoms with Gasteiger partial charge in [0.2, 0.25) is 5.91 Å². The van der Waals surface area contributed by atoms with Crippen molar-refractivity contribution >= 4 is 5.91 Å². The first kappa shape index (κ1) is 14.4. The van der Waals surface area contributed by atoms with E-state index in [0.717, 1.165) is 25.8 Å². The van der Waals surface area contributed by atoms with Crippen molar-refractivity contribution in [2.75, 3.05) is 39.5 Å². The van der Waals surface area contributed by atoms with Crippen LogP contribution in [0.15, 0.2) is 0 Å². The molecule has 0 aliphatic carbocycles. The van der Waals surface area contributed by atoms with Gasteiger partial charge in [-0.3, -0.25) is 4.79 Å². The predicted molar refractivity (Wildman–Crippen MR) is 65.7 cm³/mol. The molecule has 1 rings (SSSR count). The lowest BCUT2D eigenvalue weighted by Gasteiger charge is -2.35. The molecule has 1 unspecified atom stereocenters. The van der Waals surface area contributed by atoms with E-state index in [1.165, 1.54) is 0 Å². The number of piperidine rings is 1. The Labute approximate surface area is 103 Å². The van der Waals surface area contributed by atoms with Crippen LogP contribution in [0, 0.1) is 0 Å². The minimum atomic E-state index is 0.0525. The molecule has 0 bridgehead atoms. The van der Waals surface area contributed by atoms with Crippen molar-refractivity contribution in [2.24, 2.45) is 5.73 Å². The third kappa shape index (κ3) is 5.02. The largest absolute Gasteiger partial charge is 0.379 e. The standard InChI is InChI=1S/C12H24N2O3/c1-2-16-7-8-17-10-12(15)14-6-4-3-5-11(14)9-13/h11H,2-10,13H2,1H3. The van der Waals surface area contributed by atoms with Crippen LogP contribution in [-0.4, -0.2) is 56.4 Å². The summed E-state index contributed by atoms with van der Waals surface area (Å²) in [6.07, 6.45) is 3.25. The molecule has 1 aliphatic heterocycles. The third-order valence-corrected chi connectivity index (χ3v) is 3.02. The summed E-state index contributed by atoms with van der Waals surface area (Å²) in [7, 11) is 0. The van der Waals surface area contributed by atoms with E-state index in [1.54, 1.807) is 0 Å². The van der Waals surface area contributed by atoms with Gasteiger partial charge in [-0.15, -0.1) is 0 Å². The number of carbonyl (C=O) groups excluding carboxylic acids is 1. The zero-order valence-corrected chi connectivity index (χ0v) is 10.7. The first-order chi connectivity index (χ1) is 8.29. The van der Waals surface area contributed by atoms with Gasteiger partial charge in [0, 0.05) is 25.7 Å². The average Bonchev–Trinajstić information content (AvgIpc) is 2.38. The normalized spacial score (nSPS) is 20.6. The van der Waals surface area contributed by atoms with Crippen molar-refractivity contribution in [1.82, 2.24) is 4.90 Å².